The first-order chi connectivity index (χ1) is 11.9. The van der Waals surface area contributed by atoms with E-state index in [-0.39, 0.29) is 1.43 Å². The third-order valence-electron chi connectivity index (χ3n) is 3.00. The fraction of sp³-hybridized carbons (Fsp3) is 0.400. The van der Waals surface area contributed by atoms with Gasteiger partial charge in [-0.3, -0.25) is 0 Å². The molecule has 0 unspecified atom stereocenters. The van der Waals surface area contributed by atoms with Crippen LogP contribution in [-0.4, -0.2) is 51.3 Å². The van der Waals surface area contributed by atoms with Crippen LogP contribution in [0.2, 0.25) is 0 Å². The lowest BCUT2D eigenvalue weighted by atomic mass is 10.2. The molecule has 0 amide bonds. The highest BCUT2D eigenvalue weighted by atomic mass is 31.2. The lowest BCUT2D eigenvalue weighted by molar-refractivity contribution is -0.884. The van der Waals surface area contributed by atoms with Crippen LogP contribution in [-0.2, 0) is 13.1 Å². The van der Waals surface area contributed by atoms with Crippen LogP contribution in [0, 0.1) is 0 Å². The zero-order valence-corrected chi connectivity index (χ0v) is 17.6. The summed E-state index contributed by atoms with van der Waals surface area (Å²) in [4.78, 5) is 25.4. The predicted octanol–water partition coefficient (Wildman–Crippen LogP) is 1.19. The first-order valence-corrected chi connectivity index (χ1v) is 9.49. The molecule has 0 aliphatic rings. The van der Waals surface area contributed by atoms with Crippen LogP contribution in [0.25, 0.3) is 0 Å². The van der Waals surface area contributed by atoms with Gasteiger partial charge in [0, 0.05) is 11.1 Å². The molecule has 26 heavy (non-hydrogen) atoms. The predicted molar refractivity (Wildman–Crippen MR) is 104 cm³/mol. The highest BCUT2D eigenvalue weighted by molar-refractivity contribution is 7.33. The summed E-state index contributed by atoms with van der Waals surface area (Å²) in [6.07, 6.45) is 0. The van der Waals surface area contributed by atoms with Crippen molar-refractivity contribution in [2.45, 2.75) is 13.1 Å². The van der Waals surface area contributed by atoms with Crippen molar-refractivity contribution in [3.05, 3.63) is 71.8 Å². The lowest BCUT2D eigenvalue weighted by Crippen LogP contribution is -2.33. The standard InChI is InChI=1S/2C10H16N.O3P/c2*1-11(2,3)9-10-7-5-4-6-8-10;1-4(2)3/h2*4-8H,9H2,1-3H3;/q2*+1;-3/p+1. The van der Waals surface area contributed by atoms with E-state index in [0.717, 1.165) is 22.1 Å². The van der Waals surface area contributed by atoms with Crippen LogP contribution < -0.4 is 14.7 Å². The van der Waals surface area contributed by atoms with Gasteiger partial charge in [0.2, 0.25) is 0 Å². The van der Waals surface area contributed by atoms with Gasteiger partial charge in [-0.1, -0.05) is 60.7 Å². The molecule has 2 aromatic rings. The average molecular weight is 380 g/mol. The number of rotatable bonds is 4. The number of hydrogen-bond donors (Lipinski definition) is 0. The number of hydrogen-bond acceptors (Lipinski definition) is 3. The quantitative estimate of drug-likeness (QED) is 0.591. The molecular weight excluding hydrogens is 347 g/mol. The van der Waals surface area contributed by atoms with E-state index in [1.54, 1.807) is 0 Å². The molecule has 0 saturated heterocycles. The third-order valence-corrected chi connectivity index (χ3v) is 3.00. The Labute approximate surface area is 161 Å². The fourth-order valence-corrected chi connectivity index (χ4v) is 2.26. The molecule has 0 fully saturated rings. The van der Waals surface area contributed by atoms with Gasteiger partial charge < -0.3 is 32.2 Å². The Kier molecular flexibility index (Phi) is 11.5. The maximum atomic E-state index is 8.48. The zero-order valence-electron chi connectivity index (χ0n) is 17.8. The minimum absolute atomic E-state index is 0. The first kappa shape index (κ1) is 24.7. The summed E-state index contributed by atoms with van der Waals surface area (Å²) < 4.78 is 1.98. The van der Waals surface area contributed by atoms with E-state index in [2.05, 4.69) is 103 Å². The Hall–Kier alpha value is -1.33. The average Bonchev–Trinajstić information content (AvgIpc) is 2.46. The Bertz CT molecular complexity index is 531. The van der Waals surface area contributed by atoms with Crippen molar-refractivity contribution in [1.29, 1.82) is 0 Å². The van der Waals surface area contributed by atoms with Gasteiger partial charge >= 0.3 is 1.43 Å². The Morgan fingerprint density at radius 1 is 0.615 bits per heavy atom. The van der Waals surface area contributed by atoms with Crippen LogP contribution in [0.5, 0.6) is 0 Å². The van der Waals surface area contributed by atoms with Gasteiger partial charge in [-0.25, -0.2) is 0 Å². The van der Waals surface area contributed by atoms with Crippen LogP contribution >= 0.6 is 8.60 Å². The maximum absolute atomic E-state index is 8.48. The van der Waals surface area contributed by atoms with Crippen LogP contribution in [0.1, 0.15) is 12.6 Å². The summed E-state index contributed by atoms with van der Waals surface area (Å²) in [6, 6.07) is 21.1. The highest BCUT2D eigenvalue weighted by Gasteiger charge is 2.07. The molecule has 2 aromatic carbocycles. The van der Waals surface area contributed by atoms with E-state index in [1.165, 1.54) is 11.1 Å². The fourth-order valence-electron chi connectivity index (χ4n) is 2.26. The van der Waals surface area contributed by atoms with Crippen molar-refractivity contribution in [2.24, 2.45) is 0 Å². The topological polar surface area (TPSA) is 69.2 Å². The molecule has 0 saturated carbocycles. The number of quaternary nitrogens is 2. The van der Waals surface area contributed by atoms with Crippen molar-refractivity contribution >= 4 is 8.60 Å². The lowest BCUT2D eigenvalue weighted by Gasteiger charge is -2.39. The number of benzene rings is 2. The summed E-state index contributed by atoms with van der Waals surface area (Å²) in [7, 11) is 9.84. The van der Waals surface area contributed by atoms with E-state index in [1.807, 2.05) is 0 Å². The molecule has 0 aromatic heterocycles. The molecule has 0 atom stereocenters. The molecule has 6 heteroatoms. The Morgan fingerprint density at radius 2 is 0.846 bits per heavy atom. The molecule has 0 N–H and O–H groups in total. The van der Waals surface area contributed by atoms with Gasteiger partial charge in [0.25, 0.3) is 0 Å². The van der Waals surface area contributed by atoms with Gasteiger partial charge in [0.05, 0.1) is 42.3 Å². The monoisotopic (exact) mass is 380 g/mol. The van der Waals surface area contributed by atoms with Gasteiger partial charge in [0.15, 0.2) is 0 Å². The van der Waals surface area contributed by atoms with Crippen molar-refractivity contribution in [3.8, 4) is 0 Å². The van der Waals surface area contributed by atoms with Gasteiger partial charge in [-0.05, 0) is 0 Å². The Balaban J connectivity index is 0. The molecule has 2 rings (SSSR count). The molecule has 0 aliphatic heterocycles. The van der Waals surface area contributed by atoms with E-state index in [4.69, 9.17) is 14.7 Å². The molecule has 0 aliphatic carbocycles. The van der Waals surface area contributed by atoms with Crippen molar-refractivity contribution in [1.82, 2.24) is 0 Å². The maximum Gasteiger partial charge on any atom is 1.00 e. The van der Waals surface area contributed by atoms with Crippen LogP contribution in [0.4, 0.5) is 0 Å². The van der Waals surface area contributed by atoms with Crippen molar-refractivity contribution in [3.63, 3.8) is 0 Å². The second-order valence-corrected chi connectivity index (χ2v) is 8.54. The van der Waals surface area contributed by atoms with Crippen LogP contribution in [0.15, 0.2) is 60.7 Å². The molecule has 0 heterocycles. The van der Waals surface area contributed by atoms with E-state index < -0.39 is 8.60 Å². The molecule has 0 radical (unpaired) electrons. The molecule has 0 bridgehead atoms. The summed E-state index contributed by atoms with van der Waals surface area (Å²) >= 11 is 0. The SMILES string of the molecule is C[N+](C)(C)Cc1ccccc1.C[N+](C)(C)Cc1ccccc1.[H+].[O-]P([O-])[O-]. The number of nitrogens with zero attached hydrogens (tertiary/aromatic N) is 2. The van der Waals surface area contributed by atoms with Gasteiger partial charge in [0.1, 0.15) is 13.1 Å². The van der Waals surface area contributed by atoms with E-state index in [0.29, 0.717) is 0 Å². The molecule has 0 spiro atoms. The molecular formula is C20H33N2O3P. The smallest absolute Gasteiger partial charge is 0.854 e. The summed E-state index contributed by atoms with van der Waals surface area (Å²) in [5.74, 6) is 0. The third kappa shape index (κ3) is 17.5. The summed E-state index contributed by atoms with van der Waals surface area (Å²) in [6.45, 7) is 2.20. The molecule has 5 nitrogen and oxygen atoms in total. The minimum Gasteiger partial charge on any atom is -0.854 e. The second-order valence-electron chi connectivity index (χ2n) is 8.09. The van der Waals surface area contributed by atoms with Crippen molar-refractivity contribution in [2.75, 3.05) is 42.3 Å². The summed E-state index contributed by atoms with van der Waals surface area (Å²) in [5.41, 5.74) is 2.81. The zero-order chi connectivity index (χ0) is 20.2. The van der Waals surface area contributed by atoms with Gasteiger partial charge in [-0.2, -0.15) is 0 Å². The van der Waals surface area contributed by atoms with Crippen molar-refractivity contribution < 1.29 is 25.1 Å². The minimum atomic E-state index is -3.37. The van der Waals surface area contributed by atoms with Crippen LogP contribution in [0.3, 0.4) is 0 Å². The molecule has 146 valence electrons. The largest absolute Gasteiger partial charge is 1.00 e. The normalized spacial score (nSPS) is 11.2. The van der Waals surface area contributed by atoms with E-state index >= 15 is 0 Å². The van der Waals surface area contributed by atoms with E-state index in [9.17, 15) is 0 Å². The Morgan fingerprint density at radius 3 is 1.04 bits per heavy atom. The second kappa shape index (κ2) is 12.1. The first-order valence-electron chi connectivity index (χ1n) is 8.39. The highest BCUT2D eigenvalue weighted by Crippen LogP contribution is 2.05. The summed E-state index contributed by atoms with van der Waals surface area (Å²) in [5, 5.41) is 0. The van der Waals surface area contributed by atoms with Gasteiger partial charge in [-0.15, -0.1) is 0 Å².